The van der Waals surface area contributed by atoms with Crippen LogP contribution in [0.4, 0.5) is 4.79 Å². The van der Waals surface area contributed by atoms with E-state index >= 15 is 0 Å². The summed E-state index contributed by atoms with van der Waals surface area (Å²) in [6.07, 6.45) is -1.06. The minimum Gasteiger partial charge on any atom is -0.465 e. The van der Waals surface area contributed by atoms with Crippen molar-refractivity contribution in [3.8, 4) is 0 Å². The van der Waals surface area contributed by atoms with Crippen LogP contribution in [0.2, 0.25) is 0 Å². The summed E-state index contributed by atoms with van der Waals surface area (Å²) in [7, 11) is 0. The largest absolute Gasteiger partial charge is 0.465 e. The van der Waals surface area contributed by atoms with Crippen molar-refractivity contribution in [1.29, 1.82) is 0 Å². The van der Waals surface area contributed by atoms with E-state index in [9.17, 15) is 9.59 Å². The van der Waals surface area contributed by atoms with Crippen LogP contribution in [0.5, 0.6) is 0 Å². The van der Waals surface area contributed by atoms with E-state index in [1.165, 1.54) is 0 Å². The van der Waals surface area contributed by atoms with E-state index in [2.05, 4.69) is 10.6 Å². The zero-order valence-electron chi connectivity index (χ0n) is 11.4. The van der Waals surface area contributed by atoms with Crippen molar-refractivity contribution in [3.63, 3.8) is 0 Å². The van der Waals surface area contributed by atoms with Gasteiger partial charge in [-0.05, 0) is 26.3 Å². The van der Waals surface area contributed by atoms with Gasteiger partial charge in [0.15, 0.2) is 0 Å². The van der Waals surface area contributed by atoms with Crippen molar-refractivity contribution in [1.82, 2.24) is 10.6 Å². The Hall–Kier alpha value is -2.04. The third-order valence-electron chi connectivity index (χ3n) is 2.40. The van der Waals surface area contributed by atoms with Crippen LogP contribution in [0.1, 0.15) is 38.8 Å². The molecule has 19 heavy (non-hydrogen) atoms. The first kappa shape index (κ1) is 15.0. The highest BCUT2D eigenvalue weighted by Gasteiger charge is 2.20. The third kappa shape index (κ3) is 5.90. The van der Waals surface area contributed by atoms with Crippen LogP contribution in [0.3, 0.4) is 0 Å². The quantitative estimate of drug-likeness (QED) is 0.780. The van der Waals surface area contributed by atoms with Crippen LogP contribution in [0, 0.1) is 0 Å². The SMILES string of the molecule is CC(C)(C)NC(=O)CC(NC(=O)O)c1ccccc1. The topological polar surface area (TPSA) is 78.4 Å². The van der Waals surface area contributed by atoms with Gasteiger partial charge in [0.25, 0.3) is 0 Å². The van der Waals surface area contributed by atoms with Gasteiger partial charge in [0.05, 0.1) is 12.5 Å². The van der Waals surface area contributed by atoms with Gasteiger partial charge in [-0.3, -0.25) is 4.79 Å². The number of carbonyl (C=O) groups is 2. The first-order valence-electron chi connectivity index (χ1n) is 6.13. The van der Waals surface area contributed by atoms with Crippen molar-refractivity contribution in [2.75, 3.05) is 0 Å². The summed E-state index contributed by atoms with van der Waals surface area (Å²) in [4.78, 5) is 22.7. The van der Waals surface area contributed by atoms with E-state index in [0.717, 1.165) is 5.56 Å². The second-order valence-corrected chi connectivity index (χ2v) is 5.42. The highest BCUT2D eigenvalue weighted by Crippen LogP contribution is 2.17. The fourth-order valence-corrected chi connectivity index (χ4v) is 1.74. The van der Waals surface area contributed by atoms with Crippen LogP contribution in [0.25, 0.3) is 0 Å². The van der Waals surface area contributed by atoms with Crippen LogP contribution in [-0.2, 0) is 4.79 Å². The van der Waals surface area contributed by atoms with Gasteiger partial charge in [-0.1, -0.05) is 30.3 Å². The lowest BCUT2D eigenvalue weighted by Crippen LogP contribution is -2.42. The Morgan fingerprint density at radius 2 is 1.79 bits per heavy atom. The predicted molar refractivity (Wildman–Crippen MR) is 72.9 cm³/mol. The Balaban J connectivity index is 2.76. The molecule has 5 nitrogen and oxygen atoms in total. The van der Waals surface area contributed by atoms with E-state index in [1.54, 1.807) is 12.1 Å². The van der Waals surface area contributed by atoms with Gasteiger partial charge in [-0.2, -0.15) is 0 Å². The van der Waals surface area contributed by atoms with Gasteiger partial charge in [0.1, 0.15) is 0 Å². The van der Waals surface area contributed by atoms with Crippen LogP contribution in [0.15, 0.2) is 30.3 Å². The summed E-state index contributed by atoms with van der Waals surface area (Å²) in [5.74, 6) is -0.185. The molecule has 1 rings (SSSR count). The molecule has 0 aromatic heterocycles. The number of hydrogen-bond donors (Lipinski definition) is 3. The van der Waals surface area contributed by atoms with Crippen molar-refractivity contribution < 1.29 is 14.7 Å². The predicted octanol–water partition coefficient (Wildman–Crippen LogP) is 2.30. The summed E-state index contributed by atoms with van der Waals surface area (Å²) in [5, 5.41) is 14.0. The maximum absolute atomic E-state index is 11.9. The number of carbonyl (C=O) groups excluding carboxylic acids is 1. The maximum atomic E-state index is 11.9. The number of carboxylic acid groups (broad SMARTS) is 1. The Labute approximate surface area is 113 Å². The van der Waals surface area contributed by atoms with Crippen molar-refractivity contribution in [2.45, 2.75) is 38.8 Å². The van der Waals surface area contributed by atoms with Gasteiger partial charge in [-0.25, -0.2) is 4.79 Å². The molecule has 0 aliphatic heterocycles. The molecule has 0 bridgehead atoms. The molecule has 1 aromatic carbocycles. The van der Waals surface area contributed by atoms with E-state index in [0.29, 0.717) is 0 Å². The van der Waals surface area contributed by atoms with Gasteiger partial charge in [-0.15, -0.1) is 0 Å². The Kier molecular flexibility index (Phi) is 4.92. The summed E-state index contributed by atoms with van der Waals surface area (Å²) < 4.78 is 0. The summed E-state index contributed by atoms with van der Waals surface area (Å²) in [6, 6.07) is 8.52. The molecule has 5 heteroatoms. The molecule has 0 aliphatic carbocycles. The van der Waals surface area contributed by atoms with E-state index in [-0.39, 0.29) is 17.9 Å². The molecule has 0 aliphatic rings. The van der Waals surface area contributed by atoms with Crippen molar-refractivity contribution in [2.24, 2.45) is 0 Å². The number of benzene rings is 1. The lowest BCUT2D eigenvalue weighted by Gasteiger charge is -2.23. The molecule has 1 atom stereocenters. The second kappa shape index (κ2) is 6.22. The summed E-state index contributed by atoms with van der Waals surface area (Å²) >= 11 is 0. The monoisotopic (exact) mass is 264 g/mol. The molecule has 1 aromatic rings. The van der Waals surface area contributed by atoms with Gasteiger partial charge >= 0.3 is 6.09 Å². The molecular formula is C14H20N2O3. The minimum atomic E-state index is -1.14. The fourth-order valence-electron chi connectivity index (χ4n) is 1.74. The van der Waals surface area contributed by atoms with Crippen molar-refractivity contribution in [3.05, 3.63) is 35.9 Å². The Morgan fingerprint density at radius 3 is 2.26 bits per heavy atom. The van der Waals surface area contributed by atoms with Crippen molar-refractivity contribution >= 4 is 12.0 Å². The van der Waals surface area contributed by atoms with Crippen LogP contribution in [-0.4, -0.2) is 22.6 Å². The third-order valence-corrected chi connectivity index (χ3v) is 2.40. The van der Waals surface area contributed by atoms with E-state index in [1.807, 2.05) is 39.0 Å². The van der Waals surface area contributed by atoms with Gasteiger partial charge < -0.3 is 15.7 Å². The smallest absolute Gasteiger partial charge is 0.405 e. The first-order valence-corrected chi connectivity index (χ1v) is 6.13. The second-order valence-electron chi connectivity index (χ2n) is 5.42. The van der Waals surface area contributed by atoms with E-state index < -0.39 is 12.1 Å². The fraction of sp³-hybridized carbons (Fsp3) is 0.429. The highest BCUT2D eigenvalue weighted by atomic mass is 16.4. The molecule has 0 spiro atoms. The molecular weight excluding hydrogens is 244 g/mol. The molecule has 0 radical (unpaired) electrons. The molecule has 3 N–H and O–H groups in total. The molecule has 0 saturated carbocycles. The van der Waals surface area contributed by atoms with Gasteiger partial charge in [0.2, 0.25) is 5.91 Å². The minimum absolute atomic E-state index is 0.0770. The molecule has 1 unspecified atom stereocenters. The average Bonchev–Trinajstić information content (AvgIpc) is 2.26. The maximum Gasteiger partial charge on any atom is 0.405 e. The average molecular weight is 264 g/mol. The van der Waals surface area contributed by atoms with Crippen LogP contribution < -0.4 is 10.6 Å². The standard InChI is InChI=1S/C14H20N2O3/c1-14(2,3)16-12(17)9-11(15-13(18)19)10-7-5-4-6-8-10/h4-8,11,15H,9H2,1-3H3,(H,16,17)(H,18,19). The molecule has 0 saturated heterocycles. The Morgan fingerprint density at radius 1 is 1.21 bits per heavy atom. The molecule has 104 valence electrons. The van der Waals surface area contributed by atoms with E-state index in [4.69, 9.17) is 5.11 Å². The number of hydrogen-bond acceptors (Lipinski definition) is 2. The molecule has 2 amide bonds. The number of amides is 2. The summed E-state index contributed by atoms with van der Waals surface area (Å²) in [6.45, 7) is 5.65. The zero-order valence-corrected chi connectivity index (χ0v) is 11.4. The number of nitrogens with one attached hydrogen (secondary N) is 2. The lowest BCUT2D eigenvalue weighted by atomic mass is 10.0. The molecule has 0 fully saturated rings. The summed E-state index contributed by atoms with van der Waals surface area (Å²) in [5.41, 5.74) is 0.440. The highest BCUT2D eigenvalue weighted by molar-refractivity contribution is 5.78. The zero-order chi connectivity index (χ0) is 14.5. The van der Waals surface area contributed by atoms with Gasteiger partial charge in [0, 0.05) is 5.54 Å². The first-order chi connectivity index (χ1) is 8.78. The normalized spacial score (nSPS) is 12.6. The van der Waals surface area contributed by atoms with Crippen LogP contribution >= 0.6 is 0 Å². The number of rotatable bonds is 4. The molecule has 0 heterocycles. The Bertz CT molecular complexity index is 438. The lowest BCUT2D eigenvalue weighted by molar-refractivity contribution is -0.123.